The van der Waals surface area contributed by atoms with Gasteiger partial charge in [-0.15, -0.1) is 0 Å². The second-order valence-electron chi connectivity index (χ2n) is 7.64. The molecule has 0 bridgehead atoms. The first-order valence-electron chi connectivity index (χ1n) is 10.6. The van der Waals surface area contributed by atoms with Gasteiger partial charge in [-0.2, -0.15) is 4.98 Å². The summed E-state index contributed by atoms with van der Waals surface area (Å²) < 4.78 is 17.2. The second-order valence-corrected chi connectivity index (χ2v) is 7.64. The van der Waals surface area contributed by atoms with Crippen molar-refractivity contribution in [2.45, 2.75) is 20.0 Å². The molecule has 2 aromatic carbocycles. The molecule has 0 aliphatic heterocycles. The monoisotopic (exact) mass is 460 g/mol. The topological polar surface area (TPSA) is 108 Å². The van der Waals surface area contributed by atoms with Gasteiger partial charge in [0.05, 0.1) is 19.8 Å². The van der Waals surface area contributed by atoms with Gasteiger partial charge in [0.25, 0.3) is 11.4 Å². The van der Waals surface area contributed by atoms with Gasteiger partial charge in [-0.05, 0) is 36.8 Å². The minimum Gasteiger partial charge on any atom is -0.493 e. The molecule has 0 aliphatic carbocycles. The van der Waals surface area contributed by atoms with E-state index in [0.29, 0.717) is 22.9 Å². The van der Waals surface area contributed by atoms with Gasteiger partial charge in [0.2, 0.25) is 11.7 Å². The van der Waals surface area contributed by atoms with Crippen LogP contribution >= 0.6 is 0 Å². The normalized spacial score (nSPS) is 10.7. The van der Waals surface area contributed by atoms with Crippen LogP contribution in [0, 0.1) is 6.92 Å². The average molecular weight is 460 g/mol. The number of amides is 1. The highest BCUT2D eigenvalue weighted by atomic mass is 16.5. The number of nitrogens with zero attached hydrogens (tertiary/aromatic N) is 3. The van der Waals surface area contributed by atoms with Gasteiger partial charge < -0.3 is 23.9 Å². The molecule has 0 spiro atoms. The summed E-state index contributed by atoms with van der Waals surface area (Å²) in [6.45, 7) is 2.10. The molecule has 0 saturated heterocycles. The minimum absolute atomic E-state index is 0.154. The third-order valence-electron chi connectivity index (χ3n) is 5.18. The molecule has 0 radical (unpaired) electrons. The molecule has 1 N–H and O–H groups in total. The molecular formula is C25H24N4O5. The summed E-state index contributed by atoms with van der Waals surface area (Å²) in [5.41, 5.74) is 2.97. The van der Waals surface area contributed by atoms with E-state index in [1.54, 1.807) is 32.4 Å². The lowest BCUT2D eigenvalue weighted by molar-refractivity contribution is -0.121. The van der Waals surface area contributed by atoms with Crippen LogP contribution in [0.5, 0.6) is 11.5 Å². The zero-order valence-electron chi connectivity index (χ0n) is 19.1. The highest BCUT2D eigenvalue weighted by molar-refractivity contribution is 5.76. The Morgan fingerprint density at radius 2 is 1.85 bits per heavy atom. The number of hydrogen-bond donors (Lipinski definition) is 1. The first-order chi connectivity index (χ1) is 16.5. The highest BCUT2D eigenvalue weighted by Crippen LogP contribution is 2.27. The van der Waals surface area contributed by atoms with Gasteiger partial charge in [-0.25, -0.2) is 0 Å². The first kappa shape index (κ1) is 22.8. The van der Waals surface area contributed by atoms with Crippen LogP contribution in [0.25, 0.3) is 22.8 Å². The van der Waals surface area contributed by atoms with Crippen LogP contribution in [-0.4, -0.2) is 34.8 Å². The Morgan fingerprint density at radius 3 is 2.62 bits per heavy atom. The molecular weight excluding hydrogens is 436 g/mol. The second kappa shape index (κ2) is 10.0. The van der Waals surface area contributed by atoms with Crippen molar-refractivity contribution in [1.29, 1.82) is 0 Å². The molecule has 4 aromatic rings. The van der Waals surface area contributed by atoms with Crippen molar-refractivity contribution >= 4 is 5.91 Å². The summed E-state index contributed by atoms with van der Waals surface area (Å²) in [4.78, 5) is 29.3. The van der Waals surface area contributed by atoms with E-state index in [2.05, 4.69) is 15.5 Å². The Hall–Kier alpha value is -4.40. The van der Waals surface area contributed by atoms with Crippen molar-refractivity contribution in [1.82, 2.24) is 20.0 Å². The quantitative estimate of drug-likeness (QED) is 0.430. The van der Waals surface area contributed by atoms with E-state index in [1.807, 2.05) is 37.3 Å². The molecule has 0 aliphatic rings. The lowest BCUT2D eigenvalue weighted by Crippen LogP contribution is -2.31. The smallest absolute Gasteiger partial charge is 0.259 e. The van der Waals surface area contributed by atoms with Crippen molar-refractivity contribution in [2.75, 3.05) is 14.2 Å². The van der Waals surface area contributed by atoms with E-state index in [1.165, 1.54) is 16.8 Å². The molecule has 4 rings (SSSR count). The number of methoxy groups -OCH3 is 2. The minimum atomic E-state index is -0.319. The van der Waals surface area contributed by atoms with E-state index >= 15 is 0 Å². The Balaban J connectivity index is 1.45. The summed E-state index contributed by atoms with van der Waals surface area (Å²) in [6.07, 6.45) is 1.53. The van der Waals surface area contributed by atoms with Crippen LogP contribution in [0.1, 0.15) is 11.1 Å². The number of aromatic nitrogens is 3. The Kier molecular flexibility index (Phi) is 6.72. The fourth-order valence-electron chi connectivity index (χ4n) is 3.43. The van der Waals surface area contributed by atoms with E-state index in [9.17, 15) is 9.59 Å². The van der Waals surface area contributed by atoms with Gasteiger partial charge in [-0.3, -0.25) is 9.59 Å². The van der Waals surface area contributed by atoms with Crippen LogP contribution in [0.15, 0.2) is 70.1 Å². The van der Waals surface area contributed by atoms with Crippen molar-refractivity contribution < 1.29 is 18.8 Å². The van der Waals surface area contributed by atoms with Gasteiger partial charge in [-0.1, -0.05) is 35.0 Å². The van der Waals surface area contributed by atoms with Gasteiger partial charge in [0.15, 0.2) is 11.5 Å². The van der Waals surface area contributed by atoms with Crippen molar-refractivity contribution in [3.05, 3.63) is 82.3 Å². The predicted molar refractivity (Wildman–Crippen MR) is 126 cm³/mol. The van der Waals surface area contributed by atoms with Crippen molar-refractivity contribution in [3.8, 4) is 34.3 Å². The number of ether oxygens (including phenoxy) is 2. The molecule has 1 amide bonds. The Bertz CT molecular complexity index is 1380. The van der Waals surface area contributed by atoms with Gasteiger partial charge in [0.1, 0.15) is 6.54 Å². The van der Waals surface area contributed by atoms with Crippen LogP contribution in [-0.2, 0) is 17.9 Å². The number of aryl methyl sites for hydroxylation is 1. The molecule has 9 nitrogen and oxygen atoms in total. The predicted octanol–water partition coefficient (Wildman–Crippen LogP) is 3.21. The van der Waals surface area contributed by atoms with E-state index in [0.717, 1.165) is 16.7 Å². The summed E-state index contributed by atoms with van der Waals surface area (Å²) in [6, 6.07) is 16.1. The Morgan fingerprint density at radius 1 is 1.03 bits per heavy atom. The molecule has 174 valence electrons. The average Bonchev–Trinajstić information content (AvgIpc) is 3.34. The van der Waals surface area contributed by atoms with E-state index < -0.39 is 0 Å². The van der Waals surface area contributed by atoms with Crippen molar-refractivity contribution in [2.24, 2.45) is 0 Å². The maximum atomic E-state index is 12.5. The molecule has 0 saturated carbocycles. The fourth-order valence-corrected chi connectivity index (χ4v) is 3.43. The number of pyridine rings is 1. The summed E-state index contributed by atoms with van der Waals surface area (Å²) in [5, 5.41) is 6.84. The maximum absolute atomic E-state index is 12.5. The largest absolute Gasteiger partial charge is 0.493 e. The zero-order valence-corrected chi connectivity index (χ0v) is 19.1. The molecule has 0 fully saturated rings. The third-order valence-corrected chi connectivity index (χ3v) is 5.18. The molecule has 34 heavy (non-hydrogen) atoms. The maximum Gasteiger partial charge on any atom is 0.259 e. The fraction of sp³-hybridized carbons (Fsp3) is 0.200. The van der Waals surface area contributed by atoms with Crippen LogP contribution < -0.4 is 20.3 Å². The van der Waals surface area contributed by atoms with Gasteiger partial charge in [0, 0.05) is 24.4 Å². The molecule has 2 heterocycles. The SMILES string of the molecule is COc1ccc(CNC(=O)Cn2cc(-c3nc(-c4cccc(C)c4)no3)ccc2=O)cc1OC. The number of nitrogens with one attached hydrogen (secondary N) is 1. The first-order valence-corrected chi connectivity index (χ1v) is 10.6. The summed E-state index contributed by atoms with van der Waals surface area (Å²) >= 11 is 0. The molecule has 9 heteroatoms. The zero-order chi connectivity index (χ0) is 24.1. The van der Waals surface area contributed by atoms with Crippen molar-refractivity contribution in [3.63, 3.8) is 0 Å². The van der Waals surface area contributed by atoms with Gasteiger partial charge >= 0.3 is 0 Å². The number of benzene rings is 2. The van der Waals surface area contributed by atoms with E-state index in [-0.39, 0.29) is 30.4 Å². The number of carbonyl (C=O) groups is 1. The number of carbonyl (C=O) groups excluding carboxylic acids is 1. The standard InChI is InChI=1S/C25H24N4O5/c1-16-5-4-6-18(11-16)24-27-25(34-28-24)19-8-10-23(31)29(14-19)15-22(30)26-13-17-7-9-20(32-2)21(12-17)33-3/h4-12,14H,13,15H2,1-3H3,(H,26,30). The number of rotatable bonds is 8. The van der Waals surface area contributed by atoms with Crippen LogP contribution in [0.3, 0.4) is 0 Å². The van der Waals surface area contributed by atoms with E-state index in [4.69, 9.17) is 14.0 Å². The molecule has 0 unspecified atom stereocenters. The lowest BCUT2D eigenvalue weighted by atomic mass is 10.1. The highest BCUT2D eigenvalue weighted by Gasteiger charge is 2.13. The molecule has 0 atom stereocenters. The van der Waals surface area contributed by atoms with Crippen LogP contribution in [0.4, 0.5) is 0 Å². The third kappa shape index (κ3) is 5.15. The molecule has 2 aromatic heterocycles. The lowest BCUT2D eigenvalue weighted by Gasteiger charge is -2.11. The van der Waals surface area contributed by atoms with Crippen LogP contribution in [0.2, 0.25) is 0 Å². The summed E-state index contributed by atoms with van der Waals surface area (Å²) in [5.74, 6) is 1.57. The number of hydrogen-bond acceptors (Lipinski definition) is 7. The summed E-state index contributed by atoms with van der Waals surface area (Å²) in [7, 11) is 3.11. The Labute approximate surface area is 196 Å².